The number of pyridine rings is 1. The van der Waals surface area contributed by atoms with Crippen molar-refractivity contribution in [3.63, 3.8) is 0 Å². The van der Waals surface area contributed by atoms with Crippen LogP contribution in [0.1, 0.15) is 12.8 Å². The van der Waals surface area contributed by atoms with Crippen LogP contribution in [0.15, 0.2) is 41.7 Å². The number of carbonyl (C=O) groups excluding carboxylic acids is 2. The van der Waals surface area contributed by atoms with Crippen molar-refractivity contribution >= 4 is 23.4 Å². The van der Waals surface area contributed by atoms with Crippen molar-refractivity contribution in [3.8, 4) is 0 Å². The number of amides is 2. The zero-order valence-corrected chi connectivity index (χ0v) is 11.8. The van der Waals surface area contributed by atoms with Crippen molar-refractivity contribution in [3.05, 3.63) is 41.7 Å². The van der Waals surface area contributed by atoms with E-state index in [4.69, 9.17) is 11.6 Å². The van der Waals surface area contributed by atoms with Gasteiger partial charge in [0.05, 0.1) is 18.4 Å². The first kappa shape index (κ1) is 13.3. The molecule has 20 heavy (non-hydrogen) atoms. The van der Waals surface area contributed by atoms with Gasteiger partial charge in [0.2, 0.25) is 11.8 Å². The molecule has 0 unspecified atom stereocenters. The van der Waals surface area contributed by atoms with Gasteiger partial charge in [0.1, 0.15) is 0 Å². The fraction of sp³-hybridized carbons (Fsp3) is 0.400. The van der Waals surface area contributed by atoms with Crippen molar-refractivity contribution in [1.29, 1.82) is 0 Å². The number of allylic oxidation sites excluding steroid dienone is 2. The van der Waals surface area contributed by atoms with Gasteiger partial charge in [0.15, 0.2) is 18.9 Å². The molecule has 4 nitrogen and oxygen atoms in total. The maximum absolute atomic E-state index is 12.3. The molecule has 0 aromatic carbocycles. The van der Waals surface area contributed by atoms with E-state index in [2.05, 4.69) is 0 Å². The molecule has 1 aliphatic carbocycles. The van der Waals surface area contributed by atoms with Gasteiger partial charge < -0.3 is 0 Å². The van der Waals surface area contributed by atoms with Crippen LogP contribution in [0.25, 0.3) is 0 Å². The third-order valence-corrected chi connectivity index (χ3v) is 4.33. The van der Waals surface area contributed by atoms with E-state index in [1.807, 2.05) is 41.2 Å². The number of rotatable bonds is 3. The number of hydrogen-bond acceptors (Lipinski definition) is 2. The fourth-order valence-electron chi connectivity index (χ4n) is 2.92. The van der Waals surface area contributed by atoms with Crippen LogP contribution in [0.3, 0.4) is 0 Å². The van der Waals surface area contributed by atoms with Crippen LogP contribution in [0.5, 0.6) is 0 Å². The Morgan fingerprint density at radius 1 is 1.15 bits per heavy atom. The molecular formula is C15H16ClN2O2+. The zero-order chi connectivity index (χ0) is 14.1. The highest BCUT2D eigenvalue weighted by molar-refractivity contribution is 6.30. The first-order valence-electron chi connectivity index (χ1n) is 6.80. The van der Waals surface area contributed by atoms with Crippen molar-refractivity contribution in [1.82, 2.24) is 4.90 Å². The van der Waals surface area contributed by atoms with Crippen LogP contribution >= 0.6 is 11.6 Å². The molecule has 0 N–H and O–H groups in total. The Morgan fingerprint density at radius 3 is 2.60 bits per heavy atom. The Bertz CT molecular complexity index is 570. The molecule has 0 radical (unpaired) electrons. The summed E-state index contributed by atoms with van der Waals surface area (Å²) in [6, 6.07) is 5.79. The van der Waals surface area contributed by atoms with Crippen LogP contribution < -0.4 is 4.57 Å². The highest BCUT2D eigenvalue weighted by Crippen LogP contribution is 2.38. The lowest BCUT2D eigenvalue weighted by Crippen LogP contribution is -2.42. The zero-order valence-electron chi connectivity index (χ0n) is 11.0. The van der Waals surface area contributed by atoms with E-state index in [0.717, 1.165) is 0 Å². The number of likely N-dealkylation sites (tertiary alicyclic amines) is 1. The molecule has 3 rings (SSSR count). The summed E-state index contributed by atoms with van der Waals surface area (Å²) in [7, 11) is 0. The number of aromatic nitrogens is 1. The first-order chi connectivity index (χ1) is 9.66. The summed E-state index contributed by atoms with van der Waals surface area (Å²) in [5.74, 6) is -0.564. The van der Waals surface area contributed by atoms with Gasteiger partial charge in [-0.15, -0.1) is 0 Å². The summed E-state index contributed by atoms with van der Waals surface area (Å²) in [6.45, 7) is 1.05. The molecule has 0 spiro atoms. The van der Waals surface area contributed by atoms with Crippen molar-refractivity contribution in [2.75, 3.05) is 6.54 Å². The Hall–Kier alpha value is -1.68. The summed E-state index contributed by atoms with van der Waals surface area (Å²) in [4.78, 5) is 26.0. The average Bonchev–Trinajstić information content (AvgIpc) is 2.70. The first-order valence-corrected chi connectivity index (χ1v) is 7.18. The lowest BCUT2D eigenvalue weighted by Gasteiger charge is -2.17. The Kier molecular flexibility index (Phi) is 3.57. The van der Waals surface area contributed by atoms with Gasteiger partial charge in [-0.3, -0.25) is 14.5 Å². The summed E-state index contributed by atoms with van der Waals surface area (Å²) >= 11 is 5.99. The van der Waals surface area contributed by atoms with Crippen molar-refractivity contribution < 1.29 is 14.2 Å². The van der Waals surface area contributed by atoms with Crippen LogP contribution in [0, 0.1) is 11.8 Å². The normalized spacial score (nSPS) is 25.6. The number of carbonyl (C=O) groups is 2. The lowest BCUT2D eigenvalue weighted by molar-refractivity contribution is -0.696. The monoisotopic (exact) mass is 291 g/mol. The molecule has 0 saturated carbocycles. The Balaban J connectivity index is 1.69. The maximum Gasteiger partial charge on any atom is 0.233 e. The highest BCUT2D eigenvalue weighted by Gasteiger charge is 2.48. The molecule has 1 aromatic heterocycles. The van der Waals surface area contributed by atoms with Crippen LogP contribution in [0.2, 0.25) is 0 Å². The van der Waals surface area contributed by atoms with Gasteiger partial charge in [-0.1, -0.05) is 23.7 Å². The summed E-state index contributed by atoms with van der Waals surface area (Å²) in [5.41, 5.74) is 0. The molecule has 5 heteroatoms. The molecule has 104 valence electrons. The Labute approximate surface area is 122 Å². The summed E-state index contributed by atoms with van der Waals surface area (Å²) in [6.07, 6.45) is 6.81. The number of imide groups is 1. The second kappa shape index (κ2) is 5.37. The molecule has 1 aromatic rings. The average molecular weight is 292 g/mol. The van der Waals surface area contributed by atoms with Gasteiger partial charge in [-0.25, -0.2) is 4.57 Å². The van der Waals surface area contributed by atoms with Gasteiger partial charge in [-0.2, -0.15) is 0 Å². The van der Waals surface area contributed by atoms with E-state index in [-0.39, 0.29) is 23.7 Å². The molecule has 2 aliphatic rings. The summed E-state index contributed by atoms with van der Waals surface area (Å²) < 4.78 is 1.97. The molecule has 1 aliphatic heterocycles. The summed E-state index contributed by atoms with van der Waals surface area (Å²) in [5, 5.41) is 0.701. The van der Waals surface area contributed by atoms with Gasteiger partial charge >= 0.3 is 0 Å². The van der Waals surface area contributed by atoms with Crippen LogP contribution in [0.4, 0.5) is 0 Å². The van der Waals surface area contributed by atoms with E-state index in [1.54, 1.807) is 0 Å². The minimum atomic E-state index is -0.249. The minimum absolute atomic E-state index is 0.0445. The van der Waals surface area contributed by atoms with E-state index in [0.29, 0.717) is 31.0 Å². The van der Waals surface area contributed by atoms with E-state index in [9.17, 15) is 9.59 Å². The maximum atomic E-state index is 12.3. The van der Waals surface area contributed by atoms with Crippen LogP contribution in [-0.4, -0.2) is 23.3 Å². The second-order valence-corrected chi connectivity index (χ2v) is 5.73. The molecule has 2 heterocycles. The standard InChI is InChI=1S/C15H16ClN2O2/c16-11-4-5-12-13(10-11)15(20)18(14(12)19)9-8-17-6-2-1-3-7-17/h1-4,6-7,12-13H,5,8-10H2/q+1/t12-,13-/m1/s1. The van der Waals surface area contributed by atoms with Crippen LogP contribution in [-0.2, 0) is 16.1 Å². The molecule has 1 saturated heterocycles. The highest BCUT2D eigenvalue weighted by atomic mass is 35.5. The number of halogens is 1. The topological polar surface area (TPSA) is 41.3 Å². The van der Waals surface area contributed by atoms with Gasteiger partial charge in [-0.05, 0) is 12.8 Å². The molecule has 2 atom stereocenters. The van der Waals surface area contributed by atoms with E-state index in [1.165, 1.54) is 4.90 Å². The molecule has 2 amide bonds. The largest absolute Gasteiger partial charge is 0.276 e. The van der Waals surface area contributed by atoms with Crippen molar-refractivity contribution in [2.24, 2.45) is 11.8 Å². The van der Waals surface area contributed by atoms with Crippen molar-refractivity contribution in [2.45, 2.75) is 19.4 Å². The second-order valence-electron chi connectivity index (χ2n) is 5.25. The predicted octanol–water partition coefficient (Wildman–Crippen LogP) is 1.49. The molecule has 1 fully saturated rings. The number of hydrogen-bond donors (Lipinski definition) is 0. The molecule has 0 bridgehead atoms. The minimum Gasteiger partial charge on any atom is -0.276 e. The lowest BCUT2D eigenvalue weighted by atomic mass is 9.85. The molecular weight excluding hydrogens is 276 g/mol. The predicted molar refractivity (Wildman–Crippen MR) is 73.5 cm³/mol. The number of fused-ring (bicyclic) bond motifs is 1. The smallest absolute Gasteiger partial charge is 0.233 e. The third kappa shape index (κ3) is 2.36. The van der Waals surface area contributed by atoms with E-state index < -0.39 is 0 Å². The fourth-order valence-corrected chi connectivity index (χ4v) is 3.17. The number of nitrogens with zero attached hydrogens (tertiary/aromatic N) is 2. The SMILES string of the molecule is O=C1[C@@H]2CC=C(Cl)C[C@H]2C(=O)N1CC[n+]1ccccc1. The van der Waals surface area contributed by atoms with Gasteiger partial charge in [0.25, 0.3) is 0 Å². The Morgan fingerprint density at radius 2 is 1.85 bits per heavy atom. The third-order valence-electron chi connectivity index (χ3n) is 4.02. The quantitative estimate of drug-likeness (QED) is 0.625. The van der Waals surface area contributed by atoms with Gasteiger partial charge in [0, 0.05) is 17.2 Å². The van der Waals surface area contributed by atoms with E-state index >= 15 is 0 Å².